The second kappa shape index (κ2) is 11.8. The predicted octanol–water partition coefficient (Wildman–Crippen LogP) is 9.18. The molecule has 1 aliphatic carbocycles. The third-order valence-corrected chi connectivity index (χ3v) is 10.4. The largest absolute Gasteiger partial charge is 0.355 e. The summed E-state index contributed by atoms with van der Waals surface area (Å²) in [5.74, 6) is 1.32. The lowest BCUT2D eigenvalue weighted by molar-refractivity contribution is 0.257. The van der Waals surface area contributed by atoms with E-state index in [4.69, 9.17) is 4.99 Å². The van der Waals surface area contributed by atoms with E-state index in [2.05, 4.69) is 183 Å². The Kier molecular flexibility index (Phi) is 6.81. The van der Waals surface area contributed by atoms with E-state index in [-0.39, 0.29) is 18.5 Å². The highest BCUT2D eigenvalue weighted by Gasteiger charge is 2.30. The molecule has 0 saturated carbocycles. The summed E-state index contributed by atoms with van der Waals surface area (Å²) in [5, 5.41) is 16.3. The van der Waals surface area contributed by atoms with E-state index in [1.165, 1.54) is 49.2 Å². The highest BCUT2D eigenvalue weighted by atomic mass is 15.3. The summed E-state index contributed by atoms with van der Waals surface area (Å²) in [6, 6.07) is 43.5. The number of para-hydroxylation sites is 3. The maximum Gasteiger partial charge on any atom is 0.144 e. The van der Waals surface area contributed by atoms with Crippen LogP contribution in [0.3, 0.4) is 0 Å². The van der Waals surface area contributed by atoms with Gasteiger partial charge in [0.2, 0.25) is 0 Å². The van der Waals surface area contributed by atoms with Crippen molar-refractivity contribution in [3.63, 3.8) is 0 Å². The predicted molar refractivity (Wildman–Crippen MR) is 206 cm³/mol. The van der Waals surface area contributed by atoms with Gasteiger partial charge in [-0.2, -0.15) is 0 Å². The zero-order chi connectivity index (χ0) is 33.0. The quantitative estimate of drug-likeness (QED) is 0.178. The number of fused-ring (bicyclic) bond motifs is 6. The highest BCUT2D eigenvalue weighted by molar-refractivity contribution is 6.18. The zero-order valence-electron chi connectivity index (χ0n) is 27.4. The van der Waals surface area contributed by atoms with Crippen molar-refractivity contribution in [2.75, 3.05) is 0 Å². The molecule has 3 N–H and O–H groups in total. The highest BCUT2D eigenvalue weighted by Crippen LogP contribution is 2.40. The Morgan fingerprint density at radius 2 is 1.34 bits per heavy atom. The van der Waals surface area contributed by atoms with Crippen LogP contribution in [-0.2, 0) is 0 Å². The topological polar surface area (TPSA) is 58.3 Å². The standard InChI is InChI=1S/C44H36N6/c1-4-14-29(15-5-1)42-46-43(30-16-6-2-7-17-30)48-44(47-42)31-24-25-41(45-28-31)50-38-23-13-11-21-34(38)36-26-35-33-20-10-12-22-37(33)49(39(35)27-40(36)50)32-18-8-3-9-19-32/h1-16,18-28,30,41-43,46-48H,17H2. The first kappa shape index (κ1) is 28.9. The summed E-state index contributed by atoms with van der Waals surface area (Å²) in [4.78, 5) is 5.23. The molecule has 50 heavy (non-hydrogen) atoms. The summed E-state index contributed by atoms with van der Waals surface area (Å²) in [7, 11) is 0. The van der Waals surface area contributed by atoms with E-state index in [0.29, 0.717) is 5.92 Å². The maximum absolute atomic E-state index is 5.23. The van der Waals surface area contributed by atoms with Crippen molar-refractivity contribution in [2.24, 2.45) is 10.9 Å². The van der Waals surface area contributed by atoms with Crippen LogP contribution in [0.25, 0.3) is 49.3 Å². The summed E-state index contributed by atoms with van der Waals surface area (Å²) < 4.78 is 4.78. The SMILES string of the molecule is C1=CCC(C2NC(=C3C=CC(n4c5ccccc5c5cc6c7ccccc7n(-c7ccccc7)c6cc54)N=C3)NC(c3ccccc3)N2)C=C1. The summed E-state index contributed by atoms with van der Waals surface area (Å²) in [6.45, 7) is 0. The van der Waals surface area contributed by atoms with Crippen molar-refractivity contribution in [3.05, 3.63) is 175 Å². The van der Waals surface area contributed by atoms with E-state index in [0.717, 1.165) is 23.5 Å². The van der Waals surface area contributed by atoms with Crippen LogP contribution < -0.4 is 16.0 Å². The number of aromatic nitrogens is 2. The minimum Gasteiger partial charge on any atom is -0.355 e. The zero-order valence-corrected chi connectivity index (χ0v) is 27.4. The van der Waals surface area contributed by atoms with Crippen molar-refractivity contribution >= 4 is 49.8 Å². The van der Waals surface area contributed by atoms with E-state index in [1.54, 1.807) is 0 Å². The van der Waals surface area contributed by atoms with Crippen molar-refractivity contribution in [1.29, 1.82) is 0 Å². The molecule has 3 aliphatic rings. The smallest absolute Gasteiger partial charge is 0.144 e. The first-order chi connectivity index (χ1) is 24.8. The van der Waals surface area contributed by atoms with Gasteiger partial charge in [0.15, 0.2) is 0 Å². The number of hydrogen-bond acceptors (Lipinski definition) is 4. The Morgan fingerprint density at radius 1 is 0.620 bits per heavy atom. The van der Waals surface area contributed by atoms with Crippen molar-refractivity contribution in [1.82, 2.24) is 25.1 Å². The molecule has 0 amide bonds. The second-order valence-corrected chi connectivity index (χ2v) is 13.3. The lowest BCUT2D eigenvalue weighted by Crippen LogP contribution is -2.59. The van der Waals surface area contributed by atoms with Gasteiger partial charge in [0.25, 0.3) is 0 Å². The van der Waals surface area contributed by atoms with E-state index < -0.39 is 0 Å². The summed E-state index contributed by atoms with van der Waals surface area (Å²) in [6.07, 6.45) is 16.1. The number of benzene rings is 5. The molecular weight excluding hydrogens is 613 g/mol. The fourth-order valence-corrected chi connectivity index (χ4v) is 8.01. The minimum absolute atomic E-state index is 0.0279. The second-order valence-electron chi connectivity index (χ2n) is 13.3. The molecule has 242 valence electrons. The van der Waals surface area contributed by atoms with Crippen LogP contribution in [0.2, 0.25) is 0 Å². The molecule has 4 atom stereocenters. The van der Waals surface area contributed by atoms with Crippen LogP contribution in [0, 0.1) is 5.92 Å². The summed E-state index contributed by atoms with van der Waals surface area (Å²) in [5.41, 5.74) is 8.13. The van der Waals surface area contributed by atoms with Gasteiger partial charge in [-0.1, -0.05) is 109 Å². The molecule has 4 heterocycles. The van der Waals surface area contributed by atoms with Crippen LogP contribution in [0.1, 0.15) is 24.3 Å². The van der Waals surface area contributed by atoms with E-state index in [9.17, 15) is 0 Å². The molecule has 1 saturated heterocycles. The molecule has 6 heteroatoms. The number of allylic oxidation sites excluding steroid dienone is 5. The molecule has 2 aliphatic heterocycles. The molecule has 1 fully saturated rings. The number of hydrogen-bond donors (Lipinski definition) is 3. The molecule has 0 spiro atoms. The molecule has 10 rings (SSSR count). The van der Waals surface area contributed by atoms with Gasteiger partial charge in [0, 0.05) is 44.9 Å². The number of nitrogens with one attached hydrogen (secondary N) is 3. The van der Waals surface area contributed by atoms with Crippen LogP contribution in [-0.4, -0.2) is 21.5 Å². The number of rotatable bonds is 4. The average Bonchev–Trinajstić information content (AvgIpc) is 3.70. The third kappa shape index (κ3) is 4.71. The third-order valence-electron chi connectivity index (χ3n) is 10.4. The molecule has 0 bridgehead atoms. The van der Waals surface area contributed by atoms with Gasteiger partial charge in [-0.3, -0.25) is 10.3 Å². The van der Waals surface area contributed by atoms with Gasteiger partial charge in [0.05, 0.1) is 28.2 Å². The molecular formula is C44H36N6. The summed E-state index contributed by atoms with van der Waals surface area (Å²) >= 11 is 0. The maximum atomic E-state index is 5.23. The first-order valence-electron chi connectivity index (χ1n) is 17.4. The Bertz CT molecular complexity index is 2550. The molecule has 6 nitrogen and oxygen atoms in total. The lowest BCUT2D eigenvalue weighted by Gasteiger charge is -2.40. The van der Waals surface area contributed by atoms with Gasteiger partial charge < -0.3 is 19.8 Å². The van der Waals surface area contributed by atoms with Crippen LogP contribution >= 0.6 is 0 Å². The van der Waals surface area contributed by atoms with E-state index in [1.807, 2.05) is 6.21 Å². The van der Waals surface area contributed by atoms with Gasteiger partial charge in [-0.15, -0.1) is 0 Å². The van der Waals surface area contributed by atoms with Crippen LogP contribution in [0.15, 0.2) is 174 Å². The Morgan fingerprint density at radius 3 is 2.10 bits per heavy atom. The van der Waals surface area contributed by atoms with Crippen molar-refractivity contribution in [3.8, 4) is 5.69 Å². The van der Waals surface area contributed by atoms with Gasteiger partial charge in [0.1, 0.15) is 18.2 Å². The number of dihydropyridines is 1. The Hall–Kier alpha value is -6.11. The minimum atomic E-state index is -0.192. The van der Waals surface area contributed by atoms with Gasteiger partial charge in [-0.05, 0) is 60.5 Å². The molecule has 5 aromatic carbocycles. The lowest BCUT2D eigenvalue weighted by atomic mass is 9.95. The molecule has 7 aromatic rings. The monoisotopic (exact) mass is 648 g/mol. The first-order valence-corrected chi connectivity index (χ1v) is 17.4. The normalized spacial score (nSPS) is 23.2. The van der Waals surface area contributed by atoms with Crippen molar-refractivity contribution in [2.45, 2.75) is 24.9 Å². The molecule has 4 unspecified atom stereocenters. The fourth-order valence-electron chi connectivity index (χ4n) is 8.01. The molecule has 2 aromatic heterocycles. The van der Waals surface area contributed by atoms with E-state index >= 15 is 0 Å². The Balaban J connectivity index is 1.09. The number of aliphatic imine (C=N–C) groups is 1. The number of nitrogens with zero attached hydrogens (tertiary/aromatic N) is 3. The molecule has 0 radical (unpaired) electrons. The van der Waals surface area contributed by atoms with Crippen LogP contribution in [0.5, 0.6) is 0 Å². The van der Waals surface area contributed by atoms with Crippen molar-refractivity contribution < 1.29 is 0 Å². The average molecular weight is 649 g/mol. The van der Waals surface area contributed by atoms with Gasteiger partial charge in [-0.25, -0.2) is 0 Å². The fraction of sp³-hybridized carbons (Fsp3) is 0.114. The van der Waals surface area contributed by atoms with Gasteiger partial charge >= 0.3 is 0 Å². The van der Waals surface area contributed by atoms with Crippen LogP contribution in [0.4, 0.5) is 0 Å². The Labute approximate surface area is 290 Å².